The van der Waals surface area contributed by atoms with E-state index in [1.165, 1.54) is 31.9 Å². The van der Waals surface area contributed by atoms with Crippen LogP contribution < -0.4 is 15.4 Å². The maximum absolute atomic E-state index is 13.6. The first kappa shape index (κ1) is 26.7. The smallest absolute Gasteiger partial charge is 0.471 e. The average Bonchev–Trinajstić information content (AvgIpc) is 3.21. The SMILES string of the molecule is CC(C)(C)C(NC(=O)C(F)(F)F)C(=O)N1C[C@H]2[C@@H]([C@H]1C(=O)NC(C#N)c1cnc3c(c1)OCC3)C2(C)C. The van der Waals surface area contributed by atoms with E-state index in [-0.39, 0.29) is 23.8 Å². The molecule has 1 aromatic rings. The highest BCUT2D eigenvalue weighted by molar-refractivity contribution is 5.95. The van der Waals surface area contributed by atoms with E-state index < -0.39 is 47.4 Å². The van der Waals surface area contributed by atoms with Crippen molar-refractivity contribution in [3.05, 3.63) is 23.5 Å². The van der Waals surface area contributed by atoms with E-state index in [4.69, 9.17) is 4.74 Å². The monoisotopic (exact) mass is 521 g/mol. The van der Waals surface area contributed by atoms with Gasteiger partial charge in [-0.3, -0.25) is 19.4 Å². The minimum absolute atomic E-state index is 0.0401. The summed E-state index contributed by atoms with van der Waals surface area (Å²) < 4.78 is 44.5. The van der Waals surface area contributed by atoms with Crippen molar-refractivity contribution in [3.63, 3.8) is 0 Å². The normalized spacial score (nSPS) is 25.2. The van der Waals surface area contributed by atoms with Crippen molar-refractivity contribution in [2.75, 3.05) is 13.2 Å². The number of alkyl halides is 3. The molecule has 2 unspecified atom stereocenters. The zero-order chi connectivity index (χ0) is 27.5. The van der Waals surface area contributed by atoms with Gasteiger partial charge >= 0.3 is 12.1 Å². The largest absolute Gasteiger partial charge is 0.491 e. The molecule has 3 heterocycles. The molecule has 0 bridgehead atoms. The summed E-state index contributed by atoms with van der Waals surface area (Å²) in [6.07, 6.45) is -3.02. The van der Waals surface area contributed by atoms with E-state index in [2.05, 4.69) is 10.3 Å². The Bertz CT molecular complexity index is 1170. The number of hydrogen-bond acceptors (Lipinski definition) is 6. The Morgan fingerprint density at radius 2 is 1.92 bits per heavy atom. The topological polar surface area (TPSA) is 124 Å². The van der Waals surface area contributed by atoms with Crippen LogP contribution in [0.25, 0.3) is 0 Å². The van der Waals surface area contributed by atoms with E-state index in [1.807, 2.05) is 25.2 Å². The van der Waals surface area contributed by atoms with Crippen molar-refractivity contribution >= 4 is 17.7 Å². The Hall–Kier alpha value is -3.36. The summed E-state index contributed by atoms with van der Waals surface area (Å²) >= 11 is 0. The van der Waals surface area contributed by atoms with E-state index in [9.17, 15) is 32.8 Å². The van der Waals surface area contributed by atoms with E-state index in [1.54, 1.807) is 6.07 Å². The molecule has 0 spiro atoms. The van der Waals surface area contributed by atoms with Gasteiger partial charge in [-0.2, -0.15) is 18.4 Å². The standard InChI is InChI=1S/C25H30F3N5O4/c1-23(2,3)19(32-22(36)25(26,27)28)21(35)33-11-13-17(24(13,4)5)18(33)20(34)31-15(9-29)12-8-16-14(30-10-12)6-7-37-16/h8,10,13,15,17-19H,6-7,11H2,1-5H3,(H,31,34)(H,32,36)/t13-,15?,17-,18-,19?/m0/s1. The molecule has 2 N–H and O–H groups in total. The highest BCUT2D eigenvalue weighted by Crippen LogP contribution is 2.65. The zero-order valence-electron chi connectivity index (χ0n) is 21.3. The number of nitrogens with one attached hydrogen (secondary N) is 2. The number of carbonyl (C=O) groups excluding carboxylic acids is 3. The highest BCUT2D eigenvalue weighted by Gasteiger charge is 2.70. The van der Waals surface area contributed by atoms with E-state index >= 15 is 0 Å². The first-order valence-corrected chi connectivity index (χ1v) is 12.1. The number of halogens is 3. The lowest BCUT2D eigenvalue weighted by molar-refractivity contribution is -0.176. The molecule has 12 heteroatoms. The molecule has 3 aliphatic rings. The van der Waals surface area contributed by atoms with Crippen LogP contribution in [-0.4, -0.2) is 59.0 Å². The van der Waals surface area contributed by atoms with Crippen molar-refractivity contribution in [2.24, 2.45) is 22.7 Å². The Kier molecular flexibility index (Phi) is 6.41. The van der Waals surface area contributed by atoms with Crippen LogP contribution in [0.4, 0.5) is 13.2 Å². The Balaban J connectivity index is 1.58. The second kappa shape index (κ2) is 8.89. The number of hydrogen-bond donors (Lipinski definition) is 2. The van der Waals surface area contributed by atoms with Crippen molar-refractivity contribution < 1.29 is 32.3 Å². The van der Waals surface area contributed by atoms with Crippen molar-refractivity contribution in [3.8, 4) is 11.8 Å². The van der Waals surface area contributed by atoms with Crippen LogP contribution in [0.15, 0.2) is 12.3 Å². The zero-order valence-corrected chi connectivity index (χ0v) is 21.3. The lowest BCUT2D eigenvalue weighted by Crippen LogP contribution is -2.60. The van der Waals surface area contributed by atoms with Crippen LogP contribution in [0.1, 0.15) is 51.9 Å². The fourth-order valence-electron chi connectivity index (χ4n) is 5.47. The molecule has 2 aliphatic heterocycles. The molecule has 1 saturated heterocycles. The Morgan fingerprint density at radius 3 is 2.51 bits per heavy atom. The third-order valence-corrected chi connectivity index (χ3v) is 7.70. The lowest BCUT2D eigenvalue weighted by Gasteiger charge is -2.37. The van der Waals surface area contributed by atoms with Crippen LogP contribution in [0.2, 0.25) is 0 Å². The summed E-state index contributed by atoms with van der Waals surface area (Å²) in [6.45, 7) is 9.17. The highest BCUT2D eigenvalue weighted by atomic mass is 19.4. The molecule has 0 aromatic carbocycles. The van der Waals surface area contributed by atoms with Crippen LogP contribution in [0, 0.1) is 34.0 Å². The molecule has 5 atom stereocenters. The lowest BCUT2D eigenvalue weighted by atomic mass is 9.85. The quantitative estimate of drug-likeness (QED) is 0.613. The van der Waals surface area contributed by atoms with Gasteiger partial charge in [0.05, 0.1) is 18.4 Å². The summed E-state index contributed by atoms with van der Waals surface area (Å²) in [5, 5.41) is 14.3. The van der Waals surface area contributed by atoms with Gasteiger partial charge in [0, 0.05) is 24.7 Å². The predicted octanol–water partition coefficient (Wildman–Crippen LogP) is 2.27. The van der Waals surface area contributed by atoms with Gasteiger partial charge in [-0.25, -0.2) is 0 Å². The minimum atomic E-state index is -5.16. The number of ether oxygens (including phenoxy) is 1. The number of likely N-dealkylation sites (tertiary alicyclic amines) is 1. The maximum Gasteiger partial charge on any atom is 0.471 e. The molecule has 1 aromatic heterocycles. The number of fused-ring (bicyclic) bond motifs is 2. The second-order valence-corrected chi connectivity index (χ2v) is 11.5. The van der Waals surface area contributed by atoms with Gasteiger partial charge in [0.1, 0.15) is 23.9 Å². The number of nitriles is 1. The molecule has 3 amide bonds. The first-order valence-electron chi connectivity index (χ1n) is 12.1. The molecule has 4 rings (SSSR count). The van der Waals surface area contributed by atoms with E-state index in [0.717, 1.165) is 5.69 Å². The molecular weight excluding hydrogens is 491 g/mol. The van der Waals surface area contributed by atoms with Gasteiger partial charge < -0.3 is 20.3 Å². The van der Waals surface area contributed by atoms with Crippen molar-refractivity contribution in [2.45, 2.75) is 65.3 Å². The van der Waals surface area contributed by atoms with Gasteiger partial charge in [0.15, 0.2) is 0 Å². The third-order valence-electron chi connectivity index (χ3n) is 7.70. The fourth-order valence-corrected chi connectivity index (χ4v) is 5.47. The van der Waals surface area contributed by atoms with Crippen LogP contribution in [-0.2, 0) is 20.8 Å². The van der Waals surface area contributed by atoms with Crippen molar-refractivity contribution in [1.29, 1.82) is 5.26 Å². The van der Waals surface area contributed by atoms with Gasteiger partial charge in [-0.05, 0) is 28.7 Å². The summed E-state index contributed by atoms with van der Waals surface area (Å²) in [7, 11) is 0. The molecule has 2 fully saturated rings. The number of carbonyl (C=O) groups is 3. The number of pyridine rings is 1. The number of amides is 3. The van der Waals surface area contributed by atoms with Crippen LogP contribution in [0.3, 0.4) is 0 Å². The third kappa shape index (κ3) is 4.83. The summed E-state index contributed by atoms with van der Waals surface area (Å²) in [4.78, 5) is 44.4. The fraction of sp³-hybridized carbons (Fsp3) is 0.640. The molecule has 1 aliphatic carbocycles. The van der Waals surface area contributed by atoms with E-state index in [0.29, 0.717) is 24.3 Å². The first-order chi connectivity index (χ1) is 17.1. The molecule has 0 radical (unpaired) electrons. The molecule has 200 valence electrons. The molecular formula is C25H30F3N5O4. The molecule has 1 saturated carbocycles. The van der Waals surface area contributed by atoms with Gasteiger partial charge in [-0.1, -0.05) is 34.6 Å². The summed E-state index contributed by atoms with van der Waals surface area (Å²) in [5.74, 6) is -3.31. The van der Waals surface area contributed by atoms with Crippen molar-refractivity contribution in [1.82, 2.24) is 20.5 Å². The summed E-state index contributed by atoms with van der Waals surface area (Å²) in [6, 6.07) is 0.0899. The van der Waals surface area contributed by atoms with Gasteiger partial charge in [0.2, 0.25) is 11.8 Å². The number of aromatic nitrogens is 1. The van der Waals surface area contributed by atoms with Gasteiger partial charge in [-0.15, -0.1) is 0 Å². The summed E-state index contributed by atoms with van der Waals surface area (Å²) in [5.41, 5.74) is -0.150. The minimum Gasteiger partial charge on any atom is -0.491 e. The van der Waals surface area contributed by atoms with Gasteiger partial charge in [0.25, 0.3) is 0 Å². The Labute approximate surface area is 212 Å². The number of rotatable bonds is 5. The van der Waals surface area contributed by atoms with Crippen LogP contribution >= 0.6 is 0 Å². The molecule has 37 heavy (non-hydrogen) atoms. The number of piperidine rings is 1. The van der Waals surface area contributed by atoms with Crippen LogP contribution in [0.5, 0.6) is 5.75 Å². The Morgan fingerprint density at radius 1 is 1.24 bits per heavy atom. The number of nitrogens with zero attached hydrogens (tertiary/aromatic N) is 3. The molecule has 9 nitrogen and oxygen atoms in total. The predicted molar refractivity (Wildman–Crippen MR) is 124 cm³/mol. The average molecular weight is 522 g/mol. The maximum atomic E-state index is 13.6. The second-order valence-electron chi connectivity index (χ2n) is 11.5.